The number of anilines is 1. The van der Waals surface area contributed by atoms with Gasteiger partial charge in [-0.15, -0.1) is 0 Å². The molecule has 2 N–H and O–H groups in total. The molecule has 0 radical (unpaired) electrons. The van der Waals surface area contributed by atoms with Crippen molar-refractivity contribution in [2.45, 2.75) is 36.9 Å². The van der Waals surface area contributed by atoms with Crippen molar-refractivity contribution < 1.29 is 39.6 Å². The minimum Gasteiger partial charge on any atom is -0.343 e. The Labute approximate surface area is 167 Å². The summed E-state index contributed by atoms with van der Waals surface area (Å²) in [5.74, 6) is -6.26. The van der Waals surface area contributed by atoms with E-state index in [1.807, 2.05) is 5.32 Å². The number of aromatic nitrogens is 2. The highest BCUT2D eigenvalue weighted by molar-refractivity contribution is 7.89. The second-order valence-corrected chi connectivity index (χ2v) is 8.13. The average molecular weight is 458 g/mol. The summed E-state index contributed by atoms with van der Waals surface area (Å²) in [5.41, 5.74) is -2.52. The van der Waals surface area contributed by atoms with E-state index in [1.165, 1.54) is 0 Å². The number of pyridine rings is 1. The SMILES string of the molecule is C[C@@H](NS(=O)(=O)c1cn(C)c(C(=O)Nc2ccnc(C(F)(F)F)c2)c1F)C(C)(F)F. The lowest BCUT2D eigenvalue weighted by atomic mass is 10.2. The third kappa shape index (κ3) is 5.11. The summed E-state index contributed by atoms with van der Waals surface area (Å²) in [6.07, 6.45) is -3.34. The standard InChI is InChI=1S/C16H16F6N4O3S/c1-8(15(2,18)19)25-30(28,29)10-7-26(3)13(12(10)17)14(27)24-9-4-5-23-11(6-9)16(20,21)22/h4-8,25H,1-3H3,(H,23,24,27)/t8-/m1/s1. The lowest BCUT2D eigenvalue weighted by molar-refractivity contribution is -0.141. The Balaban J connectivity index is 2.35. The summed E-state index contributed by atoms with van der Waals surface area (Å²) in [6.45, 7) is 1.33. The van der Waals surface area contributed by atoms with Crippen LogP contribution in [-0.2, 0) is 23.2 Å². The maximum absolute atomic E-state index is 14.7. The fourth-order valence-corrected chi connectivity index (χ4v) is 3.70. The number of rotatable bonds is 6. The predicted molar refractivity (Wildman–Crippen MR) is 93.0 cm³/mol. The minimum absolute atomic E-state index is 0.371. The van der Waals surface area contributed by atoms with E-state index in [9.17, 15) is 39.6 Å². The molecular weight excluding hydrogens is 442 g/mol. The molecule has 1 amide bonds. The largest absolute Gasteiger partial charge is 0.433 e. The van der Waals surface area contributed by atoms with Crippen molar-refractivity contribution in [3.8, 4) is 0 Å². The van der Waals surface area contributed by atoms with Crippen molar-refractivity contribution in [3.63, 3.8) is 0 Å². The van der Waals surface area contributed by atoms with E-state index in [0.717, 1.165) is 30.8 Å². The zero-order valence-corrected chi connectivity index (χ0v) is 16.5. The van der Waals surface area contributed by atoms with E-state index in [4.69, 9.17) is 0 Å². The molecule has 0 spiro atoms. The molecule has 14 heteroatoms. The van der Waals surface area contributed by atoms with Crippen LogP contribution >= 0.6 is 0 Å². The van der Waals surface area contributed by atoms with Crippen LogP contribution in [-0.4, -0.2) is 35.8 Å². The third-order valence-electron chi connectivity index (χ3n) is 3.99. The highest BCUT2D eigenvalue weighted by Gasteiger charge is 2.37. The number of alkyl halides is 5. The number of sulfonamides is 1. The molecule has 0 fully saturated rings. The van der Waals surface area contributed by atoms with Crippen LogP contribution in [0.1, 0.15) is 30.0 Å². The van der Waals surface area contributed by atoms with Crippen LogP contribution in [0.15, 0.2) is 29.4 Å². The fraction of sp³-hybridized carbons (Fsp3) is 0.375. The molecule has 1 atom stereocenters. The van der Waals surface area contributed by atoms with E-state index >= 15 is 0 Å². The second kappa shape index (κ2) is 7.91. The molecule has 0 aliphatic carbocycles. The molecular formula is C16H16F6N4O3S. The number of aryl methyl sites for hydroxylation is 1. The molecule has 30 heavy (non-hydrogen) atoms. The van der Waals surface area contributed by atoms with Crippen LogP contribution in [0.3, 0.4) is 0 Å². The van der Waals surface area contributed by atoms with Gasteiger partial charge in [0.15, 0.2) is 5.82 Å². The van der Waals surface area contributed by atoms with Crippen LogP contribution in [0.4, 0.5) is 32.0 Å². The first kappa shape index (κ1) is 23.7. The van der Waals surface area contributed by atoms with E-state index < -0.39 is 56.2 Å². The molecule has 166 valence electrons. The molecule has 0 aliphatic rings. The lowest BCUT2D eigenvalue weighted by Gasteiger charge is -2.20. The molecule has 7 nitrogen and oxygen atoms in total. The summed E-state index contributed by atoms with van der Waals surface area (Å²) in [7, 11) is -3.67. The summed E-state index contributed by atoms with van der Waals surface area (Å²) in [5, 5.41) is 2.01. The number of hydrogen-bond acceptors (Lipinski definition) is 4. The Morgan fingerprint density at radius 2 is 1.83 bits per heavy atom. The van der Waals surface area contributed by atoms with Gasteiger partial charge in [0.2, 0.25) is 10.0 Å². The summed E-state index contributed by atoms with van der Waals surface area (Å²) < 4.78 is 106. The van der Waals surface area contributed by atoms with Crippen molar-refractivity contribution >= 4 is 21.6 Å². The van der Waals surface area contributed by atoms with E-state index in [-0.39, 0.29) is 5.69 Å². The van der Waals surface area contributed by atoms with Gasteiger partial charge in [0.1, 0.15) is 16.3 Å². The van der Waals surface area contributed by atoms with E-state index in [1.54, 1.807) is 4.72 Å². The first-order chi connectivity index (χ1) is 13.5. The maximum Gasteiger partial charge on any atom is 0.433 e. The fourth-order valence-electron chi connectivity index (χ4n) is 2.27. The van der Waals surface area contributed by atoms with Crippen molar-refractivity contribution in [1.82, 2.24) is 14.3 Å². The van der Waals surface area contributed by atoms with Crippen LogP contribution in [0.5, 0.6) is 0 Å². The highest BCUT2D eigenvalue weighted by Crippen LogP contribution is 2.29. The van der Waals surface area contributed by atoms with Crippen molar-refractivity contribution in [2.75, 3.05) is 5.32 Å². The molecule has 0 bridgehead atoms. The van der Waals surface area contributed by atoms with Gasteiger partial charge in [-0.3, -0.25) is 9.78 Å². The molecule has 2 rings (SSSR count). The number of carbonyl (C=O) groups excluding carboxylic acids is 1. The molecule has 0 saturated heterocycles. The van der Waals surface area contributed by atoms with Gasteiger partial charge in [0, 0.05) is 32.1 Å². The Bertz CT molecular complexity index is 1060. The minimum atomic E-state index is -4.79. The number of carbonyl (C=O) groups is 1. The smallest absolute Gasteiger partial charge is 0.343 e. The molecule has 0 aromatic carbocycles. The Hall–Kier alpha value is -2.61. The topological polar surface area (TPSA) is 93.1 Å². The van der Waals surface area contributed by atoms with E-state index in [2.05, 4.69) is 4.98 Å². The van der Waals surface area contributed by atoms with Gasteiger partial charge >= 0.3 is 6.18 Å². The first-order valence-corrected chi connectivity index (χ1v) is 9.62. The van der Waals surface area contributed by atoms with Crippen LogP contribution in [0, 0.1) is 5.82 Å². The van der Waals surface area contributed by atoms with Gasteiger partial charge in [0.05, 0.1) is 6.04 Å². The summed E-state index contributed by atoms with van der Waals surface area (Å²) in [4.78, 5) is 14.4. The molecule has 2 heterocycles. The zero-order valence-electron chi connectivity index (χ0n) is 15.7. The number of nitrogens with one attached hydrogen (secondary N) is 2. The normalized spacial score (nSPS) is 13.9. The number of amides is 1. The summed E-state index contributed by atoms with van der Waals surface area (Å²) >= 11 is 0. The van der Waals surface area contributed by atoms with Crippen molar-refractivity contribution in [2.24, 2.45) is 7.05 Å². The van der Waals surface area contributed by atoms with Crippen LogP contribution in [0.25, 0.3) is 0 Å². The summed E-state index contributed by atoms with van der Waals surface area (Å²) in [6, 6.07) is -0.363. The third-order valence-corrected chi connectivity index (χ3v) is 5.52. The van der Waals surface area contributed by atoms with Gasteiger partial charge < -0.3 is 9.88 Å². The molecule has 0 aliphatic heterocycles. The Morgan fingerprint density at radius 1 is 1.23 bits per heavy atom. The van der Waals surface area contributed by atoms with Gasteiger partial charge in [-0.2, -0.15) is 13.2 Å². The van der Waals surface area contributed by atoms with Crippen molar-refractivity contribution in [3.05, 3.63) is 41.7 Å². The van der Waals surface area contributed by atoms with Crippen LogP contribution in [0.2, 0.25) is 0 Å². The zero-order chi connectivity index (χ0) is 23.1. The number of halogens is 6. The average Bonchev–Trinajstić information content (AvgIpc) is 2.88. The molecule has 2 aromatic heterocycles. The monoisotopic (exact) mass is 458 g/mol. The quantitative estimate of drug-likeness (QED) is 0.651. The van der Waals surface area contributed by atoms with Crippen molar-refractivity contribution in [1.29, 1.82) is 0 Å². The maximum atomic E-state index is 14.7. The van der Waals surface area contributed by atoms with Gasteiger partial charge in [-0.1, -0.05) is 0 Å². The van der Waals surface area contributed by atoms with Crippen LogP contribution < -0.4 is 10.0 Å². The van der Waals surface area contributed by atoms with E-state index in [0.29, 0.717) is 19.2 Å². The van der Waals surface area contributed by atoms with Gasteiger partial charge in [0.25, 0.3) is 11.8 Å². The van der Waals surface area contributed by atoms with Gasteiger partial charge in [-0.25, -0.2) is 26.3 Å². The molecule has 0 unspecified atom stereocenters. The second-order valence-electron chi connectivity index (χ2n) is 6.45. The Morgan fingerprint density at radius 3 is 2.37 bits per heavy atom. The first-order valence-electron chi connectivity index (χ1n) is 8.13. The van der Waals surface area contributed by atoms with Gasteiger partial charge in [-0.05, 0) is 19.1 Å². The highest BCUT2D eigenvalue weighted by atomic mass is 32.2. The number of hydrogen-bond donors (Lipinski definition) is 2. The Kier molecular flexibility index (Phi) is 6.24. The lowest BCUT2D eigenvalue weighted by Crippen LogP contribution is -2.43. The number of nitrogens with zero attached hydrogens (tertiary/aromatic N) is 2. The predicted octanol–water partition coefficient (Wildman–Crippen LogP) is 3.15. The molecule has 2 aromatic rings. The molecule has 0 saturated carbocycles.